The largest absolute Gasteiger partial charge is 0.349 e. The highest BCUT2D eigenvalue weighted by Gasteiger charge is 2.21. The maximum atomic E-state index is 11.9. The zero-order valence-corrected chi connectivity index (χ0v) is 11.9. The minimum Gasteiger partial charge on any atom is -0.349 e. The average molecular weight is 304 g/mol. The summed E-state index contributed by atoms with van der Waals surface area (Å²) in [5, 5.41) is -0.0480. The van der Waals surface area contributed by atoms with E-state index in [0.717, 1.165) is 5.82 Å². The summed E-state index contributed by atoms with van der Waals surface area (Å²) in [5.74, 6) is 0.829. The average Bonchev–Trinajstić information content (AvgIpc) is 2.97. The Morgan fingerprint density at radius 1 is 1.47 bits per heavy atom. The van der Waals surface area contributed by atoms with E-state index in [4.69, 9.17) is 11.6 Å². The summed E-state index contributed by atoms with van der Waals surface area (Å²) in [6.07, 6.45) is 6.06. The van der Waals surface area contributed by atoms with Crippen molar-refractivity contribution in [1.82, 2.24) is 24.2 Å². The fourth-order valence-electron chi connectivity index (χ4n) is 1.54. The van der Waals surface area contributed by atoms with Crippen LogP contribution in [0.15, 0.2) is 23.7 Å². The van der Waals surface area contributed by atoms with Crippen LogP contribution in [-0.2, 0) is 23.5 Å². The Kier molecular flexibility index (Phi) is 4.23. The van der Waals surface area contributed by atoms with Crippen molar-refractivity contribution in [1.29, 1.82) is 0 Å². The number of aromatic amines is 1. The van der Waals surface area contributed by atoms with Crippen LogP contribution < -0.4 is 4.72 Å². The fraction of sp³-hybridized carbons (Fsp3) is 0.400. The molecule has 0 aliphatic heterocycles. The van der Waals surface area contributed by atoms with E-state index in [9.17, 15) is 8.42 Å². The first-order chi connectivity index (χ1) is 9.00. The number of H-pyrrole nitrogens is 1. The molecule has 0 aliphatic rings. The van der Waals surface area contributed by atoms with Crippen LogP contribution in [0.25, 0.3) is 0 Å². The first kappa shape index (κ1) is 14.0. The molecule has 0 spiro atoms. The zero-order valence-electron chi connectivity index (χ0n) is 10.3. The summed E-state index contributed by atoms with van der Waals surface area (Å²) in [5.41, 5.74) is 0. The monoisotopic (exact) mass is 303 g/mol. The summed E-state index contributed by atoms with van der Waals surface area (Å²) < 4.78 is 27.8. The summed E-state index contributed by atoms with van der Waals surface area (Å²) >= 11 is 5.85. The molecule has 0 unspecified atom stereocenters. The molecule has 2 heterocycles. The predicted molar refractivity (Wildman–Crippen MR) is 70.3 cm³/mol. The number of nitrogens with zero attached hydrogens (tertiary/aromatic N) is 3. The lowest BCUT2D eigenvalue weighted by molar-refractivity contribution is 0.575. The van der Waals surface area contributed by atoms with E-state index in [-0.39, 0.29) is 10.2 Å². The predicted octanol–water partition coefficient (Wildman–Crippen LogP) is 0.708. The van der Waals surface area contributed by atoms with Crippen molar-refractivity contribution < 1.29 is 8.42 Å². The molecule has 2 N–H and O–H groups in total. The summed E-state index contributed by atoms with van der Waals surface area (Å²) in [6, 6.07) is 0. The van der Waals surface area contributed by atoms with Gasteiger partial charge in [0.2, 0.25) is 5.03 Å². The van der Waals surface area contributed by atoms with Crippen LogP contribution in [0.2, 0.25) is 5.15 Å². The van der Waals surface area contributed by atoms with Crippen LogP contribution in [0.3, 0.4) is 0 Å². The highest BCUT2D eigenvalue weighted by atomic mass is 35.5. The van der Waals surface area contributed by atoms with E-state index in [1.807, 2.05) is 0 Å². The third-order valence-corrected chi connectivity index (χ3v) is 4.48. The van der Waals surface area contributed by atoms with Crippen molar-refractivity contribution >= 4 is 21.6 Å². The van der Waals surface area contributed by atoms with Gasteiger partial charge in [-0.3, -0.25) is 0 Å². The van der Waals surface area contributed by atoms with E-state index in [0.29, 0.717) is 19.4 Å². The van der Waals surface area contributed by atoms with Crippen molar-refractivity contribution in [3.8, 4) is 0 Å². The van der Waals surface area contributed by atoms with Gasteiger partial charge < -0.3 is 9.55 Å². The van der Waals surface area contributed by atoms with Crippen LogP contribution in [0.4, 0.5) is 0 Å². The van der Waals surface area contributed by atoms with Crippen LogP contribution in [0.1, 0.15) is 12.2 Å². The molecular weight excluding hydrogens is 290 g/mol. The lowest BCUT2D eigenvalue weighted by Gasteiger charge is -2.04. The van der Waals surface area contributed by atoms with Gasteiger partial charge >= 0.3 is 0 Å². The first-order valence-corrected chi connectivity index (χ1v) is 7.51. The molecular formula is C10H14ClN5O2S. The van der Waals surface area contributed by atoms with Gasteiger partial charge in [0, 0.05) is 32.4 Å². The van der Waals surface area contributed by atoms with Gasteiger partial charge in [0.05, 0.1) is 6.33 Å². The molecule has 7 nitrogen and oxygen atoms in total. The molecule has 2 aromatic heterocycles. The summed E-state index contributed by atoms with van der Waals surface area (Å²) in [7, 11) is -2.03. The maximum Gasteiger partial charge on any atom is 0.261 e. The van der Waals surface area contributed by atoms with Gasteiger partial charge in [-0.2, -0.15) is 0 Å². The van der Waals surface area contributed by atoms with Crippen molar-refractivity contribution in [2.24, 2.45) is 7.05 Å². The topological polar surface area (TPSA) is 92.7 Å². The van der Waals surface area contributed by atoms with Crippen molar-refractivity contribution in [2.45, 2.75) is 17.9 Å². The molecule has 0 radical (unpaired) electrons. The van der Waals surface area contributed by atoms with Gasteiger partial charge in [0.25, 0.3) is 10.0 Å². The minimum atomic E-state index is -3.66. The van der Waals surface area contributed by atoms with Gasteiger partial charge in [0.15, 0.2) is 0 Å². The van der Waals surface area contributed by atoms with Gasteiger partial charge in [-0.05, 0) is 6.42 Å². The Hall–Kier alpha value is -1.38. The minimum absolute atomic E-state index is 0.0959. The highest BCUT2D eigenvalue weighted by molar-refractivity contribution is 7.89. The molecule has 2 rings (SSSR count). The SMILES string of the molecule is Cn1cnc(S(=O)(=O)NCCCc2ncc[nH]2)c1Cl. The Labute approximate surface area is 116 Å². The fourth-order valence-corrected chi connectivity index (χ4v) is 3.04. The number of nitrogens with one attached hydrogen (secondary N) is 2. The molecule has 0 bridgehead atoms. The van der Waals surface area contributed by atoms with Crippen LogP contribution in [0.5, 0.6) is 0 Å². The van der Waals surface area contributed by atoms with Crippen molar-refractivity contribution in [3.05, 3.63) is 29.7 Å². The second-order valence-electron chi connectivity index (χ2n) is 3.99. The normalized spacial score (nSPS) is 11.9. The van der Waals surface area contributed by atoms with Gasteiger partial charge in [0.1, 0.15) is 11.0 Å². The molecule has 0 aliphatic carbocycles. The molecule has 2 aromatic rings. The number of aryl methyl sites for hydroxylation is 2. The standard InChI is InChI=1S/C10H14ClN5O2S/c1-16-7-14-10(9(16)11)19(17,18)15-4-2-3-8-12-5-6-13-8/h5-7,15H,2-4H2,1H3,(H,12,13). The molecule has 0 amide bonds. The molecule has 9 heteroatoms. The van der Waals surface area contributed by atoms with E-state index >= 15 is 0 Å². The van der Waals surface area contributed by atoms with Crippen LogP contribution in [0, 0.1) is 0 Å². The molecule has 0 saturated carbocycles. The van der Waals surface area contributed by atoms with Crippen LogP contribution >= 0.6 is 11.6 Å². The number of imidazole rings is 2. The second kappa shape index (κ2) is 5.72. The van der Waals surface area contributed by atoms with E-state index in [1.54, 1.807) is 19.4 Å². The highest BCUT2D eigenvalue weighted by Crippen LogP contribution is 2.18. The van der Waals surface area contributed by atoms with E-state index in [2.05, 4.69) is 19.7 Å². The number of hydrogen-bond acceptors (Lipinski definition) is 4. The van der Waals surface area contributed by atoms with Crippen molar-refractivity contribution in [2.75, 3.05) is 6.54 Å². The first-order valence-electron chi connectivity index (χ1n) is 5.65. The Bertz CT molecular complexity index is 635. The molecule has 0 fully saturated rings. The quantitative estimate of drug-likeness (QED) is 0.769. The molecule has 0 atom stereocenters. The molecule has 104 valence electrons. The molecule has 19 heavy (non-hydrogen) atoms. The summed E-state index contributed by atoms with van der Waals surface area (Å²) in [4.78, 5) is 10.8. The number of sulfonamides is 1. The number of hydrogen-bond donors (Lipinski definition) is 2. The maximum absolute atomic E-state index is 11.9. The Morgan fingerprint density at radius 2 is 2.26 bits per heavy atom. The Balaban J connectivity index is 1.90. The van der Waals surface area contributed by atoms with Crippen molar-refractivity contribution in [3.63, 3.8) is 0 Å². The number of halogens is 1. The third kappa shape index (κ3) is 3.34. The van der Waals surface area contributed by atoms with E-state index < -0.39 is 10.0 Å². The molecule has 0 aromatic carbocycles. The van der Waals surface area contributed by atoms with Gasteiger partial charge in [-0.15, -0.1) is 0 Å². The smallest absolute Gasteiger partial charge is 0.261 e. The van der Waals surface area contributed by atoms with Gasteiger partial charge in [-0.1, -0.05) is 11.6 Å². The zero-order chi connectivity index (χ0) is 13.9. The van der Waals surface area contributed by atoms with E-state index in [1.165, 1.54) is 10.9 Å². The number of rotatable bonds is 6. The Morgan fingerprint density at radius 3 is 2.84 bits per heavy atom. The lowest BCUT2D eigenvalue weighted by Crippen LogP contribution is -2.25. The van der Waals surface area contributed by atoms with Crippen LogP contribution in [-0.4, -0.2) is 34.5 Å². The number of aromatic nitrogens is 4. The second-order valence-corrected chi connectivity index (χ2v) is 6.03. The third-order valence-electron chi connectivity index (χ3n) is 2.53. The molecule has 0 saturated heterocycles. The summed E-state index contributed by atoms with van der Waals surface area (Å²) in [6.45, 7) is 0.302. The lowest BCUT2D eigenvalue weighted by atomic mass is 10.3. The van der Waals surface area contributed by atoms with Gasteiger partial charge in [-0.25, -0.2) is 23.1 Å².